The van der Waals surface area contributed by atoms with Crippen LogP contribution in [0.3, 0.4) is 0 Å². The monoisotopic (exact) mass is 192 g/mol. The fourth-order valence-electron chi connectivity index (χ4n) is 1.95. The van der Waals surface area contributed by atoms with Crippen LogP contribution in [-0.2, 0) is 0 Å². The van der Waals surface area contributed by atoms with Crippen LogP contribution in [0.1, 0.15) is 5.82 Å². The lowest BCUT2D eigenvalue weighted by Gasteiger charge is -2.35. The number of nitrogens with zero attached hydrogens (tertiary/aromatic N) is 3. The Morgan fingerprint density at radius 1 is 1.36 bits per heavy atom. The molecule has 14 heavy (non-hydrogen) atoms. The molecule has 3 heterocycles. The molecular weight excluding hydrogens is 180 g/mol. The van der Waals surface area contributed by atoms with Gasteiger partial charge in [-0.3, -0.25) is 0 Å². The third-order valence-electron chi connectivity index (χ3n) is 2.55. The van der Waals surface area contributed by atoms with Gasteiger partial charge in [-0.1, -0.05) is 0 Å². The second-order valence-corrected chi connectivity index (χ2v) is 3.54. The topological polar surface area (TPSA) is 50.3 Å². The van der Waals surface area contributed by atoms with E-state index in [0.29, 0.717) is 0 Å². The van der Waals surface area contributed by atoms with Gasteiger partial charge in [-0.15, -0.1) is 0 Å². The minimum Gasteiger partial charge on any atom is -0.474 e. The van der Waals surface area contributed by atoms with E-state index in [1.165, 1.54) is 0 Å². The fourth-order valence-corrected chi connectivity index (χ4v) is 1.95. The summed E-state index contributed by atoms with van der Waals surface area (Å²) in [7, 11) is 0. The van der Waals surface area contributed by atoms with E-state index in [-0.39, 0.29) is 0 Å². The largest absolute Gasteiger partial charge is 0.474 e. The van der Waals surface area contributed by atoms with E-state index in [4.69, 9.17) is 4.74 Å². The summed E-state index contributed by atoms with van der Waals surface area (Å²) >= 11 is 0. The van der Waals surface area contributed by atoms with Crippen molar-refractivity contribution >= 4 is 11.5 Å². The molecule has 0 saturated carbocycles. The molecule has 0 atom stereocenters. The molecule has 5 nitrogen and oxygen atoms in total. The maximum Gasteiger partial charge on any atom is 0.243 e. The lowest BCUT2D eigenvalue weighted by Crippen LogP contribution is -2.40. The standard InChI is InChI=1S/C9H12N4O/c1-6-11-8-7-9(12-6)14-5-4-13(7)3-2-10-8/h2-5H2,1H3,(H,10,11,12). The third-order valence-corrected chi connectivity index (χ3v) is 2.55. The number of hydrogen-bond donors (Lipinski definition) is 1. The summed E-state index contributed by atoms with van der Waals surface area (Å²) < 4.78 is 5.52. The number of ether oxygens (including phenoxy) is 1. The van der Waals surface area contributed by atoms with Gasteiger partial charge in [0.05, 0.1) is 6.54 Å². The van der Waals surface area contributed by atoms with E-state index < -0.39 is 0 Å². The Balaban J connectivity index is 2.20. The number of aromatic nitrogens is 2. The highest BCUT2D eigenvalue weighted by Crippen LogP contribution is 2.37. The van der Waals surface area contributed by atoms with Crippen molar-refractivity contribution in [3.05, 3.63) is 5.82 Å². The first kappa shape index (κ1) is 7.84. The summed E-state index contributed by atoms with van der Waals surface area (Å²) in [5.74, 6) is 2.40. The molecule has 1 N–H and O–H groups in total. The van der Waals surface area contributed by atoms with Crippen LogP contribution >= 0.6 is 0 Å². The zero-order valence-electron chi connectivity index (χ0n) is 8.08. The van der Waals surface area contributed by atoms with Gasteiger partial charge in [0.25, 0.3) is 0 Å². The van der Waals surface area contributed by atoms with Gasteiger partial charge in [-0.2, -0.15) is 4.98 Å². The van der Waals surface area contributed by atoms with Crippen LogP contribution in [0.2, 0.25) is 0 Å². The van der Waals surface area contributed by atoms with Gasteiger partial charge in [0.15, 0.2) is 5.82 Å². The van der Waals surface area contributed by atoms with E-state index >= 15 is 0 Å². The number of rotatable bonds is 0. The van der Waals surface area contributed by atoms with Crippen molar-refractivity contribution in [2.45, 2.75) is 6.92 Å². The average molecular weight is 192 g/mol. The predicted molar refractivity (Wildman–Crippen MR) is 53.0 cm³/mol. The van der Waals surface area contributed by atoms with Gasteiger partial charge >= 0.3 is 0 Å². The number of nitrogens with one attached hydrogen (secondary N) is 1. The average Bonchev–Trinajstić information content (AvgIpc) is 2.18. The van der Waals surface area contributed by atoms with Crippen LogP contribution in [-0.4, -0.2) is 36.2 Å². The van der Waals surface area contributed by atoms with Gasteiger partial charge in [0.1, 0.15) is 18.1 Å². The molecule has 1 aromatic heterocycles. The molecule has 2 aliphatic rings. The van der Waals surface area contributed by atoms with Crippen LogP contribution in [0.15, 0.2) is 0 Å². The van der Waals surface area contributed by atoms with Crippen LogP contribution < -0.4 is 15.0 Å². The molecule has 3 rings (SSSR count). The highest BCUT2D eigenvalue weighted by Gasteiger charge is 2.27. The van der Waals surface area contributed by atoms with Gasteiger partial charge in [-0.05, 0) is 6.92 Å². The first-order chi connectivity index (χ1) is 6.84. The molecule has 0 spiro atoms. The quantitative estimate of drug-likeness (QED) is 0.645. The molecular formula is C9H12N4O. The zero-order valence-corrected chi connectivity index (χ0v) is 8.08. The Morgan fingerprint density at radius 2 is 2.29 bits per heavy atom. The van der Waals surface area contributed by atoms with Crippen molar-refractivity contribution in [1.82, 2.24) is 9.97 Å². The molecule has 0 unspecified atom stereocenters. The maximum atomic E-state index is 5.52. The molecule has 0 aliphatic carbocycles. The first-order valence-electron chi connectivity index (χ1n) is 4.85. The second-order valence-electron chi connectivity index (χ2n) is 3.54. The van der Waals surface area contributed by atoms with E-state index in [0.717, 1.165) is 49.5 Å². The maximum absolute atomic E-state index is 5.52. The van der Waals surface area contributed by atoms with E-state index in [2.05, 4.69) is 20.2 Å². The van der Waals surface area contributed by atoms with Crippen molar-refractivity contribution in [2.75, 3.05) is 36.5 Å². The summed E-state index contributed by atoms with van der Waals surface area (Å²) in [4.78, 5) is 10.9. The molecule has 0 aromatic carbocycles. The SMILES string of the molecule is Cc1nc2c3c(n1)OCCN3CCN2. The summed E-state index contributed by atoms with van der Waals surface area (Å²) in [6.07, 6.45) is 0. The zero-order chi connectivity index (χ0) is 9.54. The van der Waals surface area contributed by atoms with Gasteiger partial charge in [0, 0.05) is 13.1 Å². The van der Waals surface area contributed by atoms with Crippen molar-refractivity contribution in [3.63, 3.8) is 0 Å². The molecule has 5 heteroatoms. The van der Waals surface area contributed by atoms with E-state index in [1.807, 2.05) is 6.92 Å². The summed E-state index contributed by atoms with van der Waals surface area (Å²) in [5, 5.41) is 3.27. The van der Waals surface area contributed by atoms with Crippen molar-refractivity contribution in [1.29, 1.82) is 0 Å². The Labute approximate surface area is 82.1 Å². The Kier molecular flexibility index (Phi) is 1.53. The van der Waals surface area contributed by atoms with Crippen molar-refractivity contribution in [3.8, 4) is 5.88 Å². The predicted octanol–water partition coefficient (Wildman–Crippen LogP) is 0.409. The Hall–Kier alpha value is -1.52. The molecule has 2 aliphatic heterocycles. The summed E-state index contributed by atoms with van der Waals surface area (Å²) in [5.41, 5.74) is 1.04. The van der Waals surface area contributed by atoms with Gasteiger partial charge in [-0.25, -0.2) is 4.98 Å². The molecule has 0 bridgehead atoms. The van der Waals surface area contributed by atoms with Crippen LogP contribution in [0, 0.1) is 6.92 Å². The highest BCUT2D eigenvalue weighted by atomic mass is 16.5. The van der Waals surface area contributed by atoms with Crippen LogP contribution in [0.25, 0.3) is 0 Å². The minimum absolute atomic E-state index is 0.725. The summed E-state index contributed by atoms with van der Waals surface area (Å²) in [6.45, 7) is 5.51. The molecule has 1 aromatic rings. The second kappa shape index (κ2) is 2.73. The van der Waals surface area contributed by atoms with Gasteiger partial charge < -0.3 is 15.0 Å². The molecule has 0 saturated heterocycles. The molecule has 74 valence electrons. The van der Waals surface area contributed by atoms with Gasteiger partial charge in [0.2, 0.25) is 5.88 Å². The van der Waals surface area contributed by atoms with Crippen molar-refractivity contribution < 1.29 is 4.74 Å². The number of anilines is 2. The first-order valence-corrected chi connectivity index (χ1v) is 4.85. The molecule has 0 fully saturated rings. The Bertz CT molecular complexity index is 348. The number of aryl methyl sites for hydroxylation is 1. The smallest absolute Gasteiger partial charge is 0.243 e. The van der Waals surface area contributed by atoms with Crippen LogP contribution in [0.4, 0.5) is 11.5 Å². The lowest BCUT2D eigenvalue weighted by atomic mass is 10.2. The highest BCUT2D eigenvalue weighted by molar-refractivity contribution is 5.74. The number of hydrogen-bond acceptors (Lipinski definition) is 5. The lowest BCUT2D eigenvalue weighted by molar-refractivity contribution is 0.293. The molecule has 0 radical (unpaired) electrons. The molecule has 0 amide bonds. The van der Waals surface area contributed by atoms with Crippen molar-refractivity contribution in [2.24, 2.45) is 0 Å². The van der Waals surface area contributed by atoms with E-state index in [9.17, 15) is 0 Å². The minimum atomic E-state index is 0.725. The third kappa shape index (κ3) is 1.01. The van der Waals surface area contributed by atoms with Crippen LogP contribution in [0.5, 0.6) is 5.88 Å². The fraction of sp³-hybridized carbons (Fsp3) is 0.556. The Morgan fingerprint density at radius 3 is 3.21 bits per heavy atom. The summed E-state index contributed by atoms with van der Waals surface area (Å²) in [6, 6.07) is 0. The normalized spacial score (nSPS) is 18.2. The van der Waals surface area contributed by atoms with E-state index in [1.54, 1.807) is 0 Å².